The Morgan fingerprint density at radius 1 is 1.41 bits per heavy atom. The molecule has 2 saturated heterocycles. The predicted octanol–water partition coefficient (Wildman–Crippen LogP) is -0.0977. The summed E-state index contributed by atoms with van der Waals surface area (Å²) in [4.78, 5) is 33.9. The van der Waals surface area contributed by atoms with Crippen molar-refractivity contribution < 1.29 is 28.5 Å². The zero-order valence-electron chi connectivity index (χ0n) is 14.9. The highest BCUT2D eigenvalue weighted by Crippen LogP contribution is 2.43. The fraction of sp³-hybridized carbons (Fsp3) is 0.600. The minimum absolute atomic E-state index is 0.0432. The zero-order chi connectivity index (χ0) is 19.3. The van der Waals surface area contributed by atoms with Crippen molar-refractivity contribution in [3.8, 4) is 0 Å². The maximum atomic E-state index is 12.0. The molecule has 4 rings (SSSR count). The maximum absolute atomic E-state index is 12.0. The molecule has 2 aliphatic rings. The van der Waals surface area contributed by atoms with Crippen LogP contribution in [-0.2, 0) is 23.7 Å². The van der Waals surface area contributed by atoms with E-state index < -0.39 is 42.0 Å². The van der Waals surface area contributed by atoms with Gasteiger partial charge in [0.1, 0.15) is 24.9 Å². The average Bonchev–Trinajstić information content (AvgIpc) is 3.23. The van der Waals surface area contributed by atoms with Crippen molar-refractivity contribution in [2.24, 2.45) is 0 Å². The van der Waals surface area contributed by atoms with E-state index in [2.05, 4.69) is 19.7 Å². The van der Waals surface area contributed by atoms with Crippen molar-refractivity contribution in [3.63, 3.8) is 0 Å². The number of nitrogens with one attached hydrogen (secondary N) is 1. The maximum Gasteiger partial charge on any atom is 0.508 e. The summed E-state index contributed by atoms with van der Waals surface area (Å²) in [6.45, 7) is 3.45. The van der Waals surface area contributed by atoms with Crippen LogP contribution in [0, 0.1) is 0 Å². The molecule has 12 heteroatoms. The van der Waals surface area contributed by atoms with Crippen LogP contribution in [0.4, 0.5) is 10.7 Å². The summed E-state index contributed by atoms with van der Waals surface area (Å²) in [7, 11) is 1.22. The van der Waals surface area contributed by atoms with Gasteiger partial charge in [-0.1, -0.05) is 0 Å². The van der Waals surface area contributed by atoms with Gasteiger partial charge < -0.3 is 29.4 Å². The van der Waals surface area contributed by atoms with Gasteiger partial charge in [-0.2, -0.15) is 4.98 Å². The molecule has 0 amide bonds. The number of anilines is 1. The van der Waals surface area contributed by atoms with E-state index in [4.69, 9.17) is 24.7 Å². The van der Waals surface area contributed by atoms with Gasteiger partial charge in [-0.15, -0.1) is 0 Å². The second kappa shape index (κ2) is 6.18. The SMILES string of the molecule is COC(=O)OC[C@H]1O[C@@H](n2cnc3c(=O)[nH]c(N)nc32)[C@@H]2OC(C)(C)O[C@@H]21. The van der Waals surface area contributed by atoms with Crippen molar-refractivity contribution >= 4 is 23.3 Å². The van der Waals surface area contributed by atoms with E-state index in [1.54, 1.807) is 18.4 Å². The monoisotopic (exact) mass is 381 g/mol. The van der Waals surface area contributed by atoms with Crippen LogP contribution in [0.15, 0.2) is 11.1 Å². The quantitative estimate of drug-likeness (QED) is 0.689. The number of aromatic nitrogens is 4. The molecule has 2 fully saturated rings. The molecule has 12 nitrogen and oxygen atoms in total. The van der Waals surface area contributed by atoms with Gasteiger partial charge in [0.05, 0.1) is 13.4 Å². The minimum atomic E-state index is -0.860. The summed E-state index contributed by atoms with van der Waals surface area (Å²) >= 11 is 0. The summed E-state index contributed by atoms with van der Waals surface area (Å²) in [6.07, 6.45) is -1.77. The van der Waals surface area contributed by atoms with Crippen molar-refractivity contribution in [2.75, 3.05) is 19.5 Å². The number of hydrogen-bond acceptors (Lipinski definition) is 10. The number of ether oxygens (including phenoxy) is 5. The van der Waals surface area contributed by atoms with Crippen LogP contribution < -0.4 is 11.3 Å². The van der Waals surface area contributed by atoms with E-state index in [1.165, 1.54) is 13.4 Å². The van der Waals surface area contributed by atoms with E-state index in [-0.39, 0.29) is 23.7 Å². The Kier molecular flexibility index (Phi) is 4.05. The number of imidazole rings is 1. The third-order valence-electron chi connectivity index (χ3n) is 4.38. The summed E-state index contributed by atoms with van der Waals surface area (Å²) in [5, 5.41) is 0. The molecular weight excluding hydrogens is 362 g/mol. The largest absolute Gasteiger partial charge is 0.508 e. The Balaban J connectivity index is 1.68. The molecule has 2 aromatic heterocycles. The molecule has 2 aromatic rings. The van der Waals surface area contributed by atoms with Crippen molar-refractivity contribution in [1.29, 1.82) is 0 Å². The Labute approximate surface area is 152 Å². The fourth-order valence-corrected chi connectivity index (χ4v) is 3.36. The summed E-state index contributed by atoms with van der Waals surface area (Å²) in [5.41, 5.74) is 5.57. The third-order valence-corrected chi connectivity index (χ3v) is 4.38. The van der Waals surface area contributed by atoms with Crippen molar-refractivity contribution in [2.45, 2.75) is 44.2 Å². The molecule has 3 N–H and O–H groups in total. The molecule has 4 atom stereocenters. The molecule has 0 unspecified atom stereocenters. The number of H-pyrrole nitrogens is 1. The van der Waals surface area contributed by atoms with Crippen molar-refractivity contribution in [3.05, 3.63) is 16.7 Å². The number of carbonyl (C=O) groups is 1. The molecular formula is C15H19N5O7. The zero-order valence-corrected chi connectivity index (χ0v) is 14.9. The van der Waals surface area contributed by atoms with Gasteiger partial charge in [0.15, 0.2) is 23.2 Å². The van der Waals surface area contributed by atoms with Crippen LogP contribution in [0.2, 0.25) is 0 Å². The summed E-state index contributed by atoms with van der Waals surface area (Å²) in [6, 6.07) is 0. The standard InChI is InChI=1S/C15H19N5O7/c1-15(2)26-8-6(4-24-14(22)23-3)25-12(9(8)27-15)20-5-17-7-10(20)18-13(16)19-11(7)21/h5-6,8-9,12H,4H2,1-3H3,(H3,16,18,19,21)/t6-,8-,9-,12-/m1/s1. The Morgan fingerprint density at radius 2 is 2.15 bits per heavy atom. The number of nitrogen functional groups attached to an aromatic ring is 1. The van der Waals surface area contributed by atoms with Gasteiger partial charge >= 0.3 is 6.16 Å². The normalized spacial score (nSPS) is 29.0. The Morgan fingerprint density at radius 3 is 2.89 bits per heavy atom. The number of aromatic amines is 1. The lowest BCUT2D eigenvalue weighted by Gasteiger charge is -2.24. The molecule has 0 bridgehead atoms. The van der Waals surface area contributed by atoms with Crippen LogP contribution in [0.1, 0.15) is 20.1 Å². The molecule has 27 heavy (non-hydrogen) atoms. The number of carbonyl (C=O) groups excluding carboxylic acids is 1. The van der Waals surface area contributed by atoms with Crippen LogP contribution in [0.5, 0.6) is 0 Å². The number of fused-ring (bicyclic) bond motifs is 2. The lowest BCUT2D eigenvalue weighted by Crippen LogP contribution is -2.33. The van der Waals surface area contributed by atoms with Crippen molar-refractivity contribution in [1.82, 2.24) is 19.5 Å². The summed E-state index contributed by atoms with van der Waals surface area (Å²) in [5.74, 6) is -0.903. The lowest BCUT2D eigenvalue weighted by atomic mass is 10.1. The Bertz CT molecular complexity index is 938. The first-order valence-corrected chi connectivity index (χ1v) is 8.23. The Hall–Kier alpha value is -2.70. The fourth-order valence-electron chi connectivity index (χ4n) is 3.36. The molecule has 0 radical (unpaired) electrons. The average molecular weight is 381 g/mol. The molecule has 0 saturated carbocycles. The molecule has 146 valence electrons. The number of methoxy groups -OCH3 is 1. The second-order valence-electron chi connectivity index (χ2n) is 6.67. The number of hydrogen-bond donors (Lipinski definition) is 2. The first-order chi connectivity index (χ1) is 12.8. The van der Waals surface area contributed by atoms with Gasteiger partial charge in [0.2, 0.25) is 5.95 Å². The lowest BCUT2D eigenvalue weighted by molar-refractivity contribution is -0.200. The van der Waals surface area contributed by atoms with Gasteiger partial charge in [0, 0.05) is 0 Å². The smallest absolute Gasteiger partial charge is 0.438 e. The second-order valence-corrected chi connectivity index (χ2v) is 6.67. The summed E-state index contributed by atoms with van der Waals surface area (Å²) < 4.78 is 28.9. The van der Waals surface area contributed by atoms with Gasteiger partial charge in [-0.3, -0.25) is 14.3 Å². The molecule has 0 aliphatic carbocycles. The number of rotatable bonds is 3. The molecule has 4 heterocycles. The van der Waals surface area contributed by atoms with E-state index >= 15 is 0 Å². The van der Waals surface area contributed by atoms with Gasteiger partial charge in [-0.25, -0.2) is 9.78 Å². The first kappa shape index (κ1) is 17.7. The topological polar surface area (TPSA) is 153 Å². The highest BCUT2D eigenvalue weighted by Gasteiger charge is 2.56. The van der Waals surface area contributed by atoms with Crippen LogP contribution in [0.3, 0.4) is 0 Å². The van der Waals surface area contributed by atoms with Crippen LogP contribution >= 0.6 is 0 Å². The molecule has 0 aromatic carbocycles. The minimum Gasteiger partial charge on any atom is -0.438 e. The van der Waals surface area contributed by atoms with Crippen LogP contribution in [0.25, 0.3) is 11.2 Å². The van der Waals surface area contributed by atoms with E-state index in [0.29, 0.717) is 0 Å². The highest BCUT2D eigenvalue weighted by atomic mass is 16.8. The highest BCUT2D eigenvalue weighted by molar-refractivity contribution is 5.70. The van der Waals surface area contributed by atoms with E-state index in [1.807, 2.05) is 0 Å². The molecule has 2 aliphatic heterocycles. The first-order valence-electron chi connectivity index (χ1n) is 8.23. The van der Waals surface area contributed by atoms with Gasteiger partial charge in [0.25, 0.3) is 5.56 Å². The number of nitrogens with two attached hydrogens (primary N) is 1. The number of nitrogens with zero attached hydrogens (tertiary/aromatic N) is 3. The van der Waals surface area contributed by atoms with Crippen LogP contribution in [-0.4, -0.2) is 63.5 Å². The molecule has 0 spiro atoms. The van der Waals surface area contributed by atoms with Gasteiger partial charge in [-0.05, 0) is 13.8 Å². The predicted molar refractivity (Wildman–Crippen MR) is 88.7 cm³/mol. The van der Waals surface area contributed by atoms with E-state index in [9.17, 15) is 9.59 Å². The third kappa shape index (κ3) is 3.01. The van der Waals surface area contributed by atoms with E-state index in [0.717, 1.165) is 0 Å².